The van der Waals surface area contributed by atoms with Crippen molar-refractivity contribution in [2.45, 2.75) is 32.6 Å². The van der Waals surface area contributed by atoms with Crippen molar-refractivity contribution < 1.29 is 19.4 Å². The Balaban J connectivity index is 2.24. The number of hydrogen-bond acceptors (Lipinski definition) is 3. The van der Waals surface area contributed by atoms with E-state index in [1.165, 1.54) is 0 Å². The van der Waals surface area contributed by atoms with Crippen molar-refractivity contribution in [3.63, 3.8) is 0 Å². The van der Waals surface area contributed by atoms with Crippen LogP contribution in [0.5, 0.6) is 5.75 Å². The monoisotopic (exact) mass is 293 g/mol. The Kier molecular flexibility index (Phi) is 7.29. The molecular formula is C16H23NO4. The largest absolute Gasteiger partial charge is 0.496 e. The quantitative estimate of drug-likeness (QED) is 0.685. The maximum Gasteiger partial charge on any atom is 0.306 e. The molecule has 5 heteroatoms. The molecule has 0 radical (unpaired) electrons. The topological polar surface area (TPSA) is 75.6 Å². The summed E-state index contributed by atoms with van der Waals surface area (Å²) >= 11 is 0. The summed E-state index contributed by atoms with van der Waals surface area (Å²) in [5.41, 5.74) is 1.01. The van der Waals surface area contributed by atoms with E-state index in [9.17, 15) is 9.59 Å². The van der Waals surface area contributed by atoms with Crippen molar-refractivity contribution in [3.8, 4) is 5.75 Å². The van der Waals surface area contributed by atoms with Crippen LogP contribution in [0.25, 0.3) is 0 Å². The molecule has 0 saturated carbocycles. The molecule has 0 aliphatic carbocycles. The second-order valence-corrected chi connectivity index (χ2v) is 5.04. The number of carbonyl (C=O) groups is 2. The number of ether oxygens (including phenoxy) is 1. The van der Waals surface area contributed by atoms with E-state index in [-0.39, 0.29) is 11.8 Å². The molecular weight excluding hydrogens is 270 g/mol. The minimum Gasteiger partial charge on any atom is -0.496 e. The van der Waals surface area contributed by atoms with Crippen LogP contribution < -0.4 is 10.1 Å². The first-order valence-electron chi connectivity index (χ1n) is 7.16. The minimum absolute atomic E-state index is 0.0242. The molecule has 0 bridgehead atoms. The summed E-state index contributed by atoms with van der Waals surface area (Å²) in [4.78, 5) is 22.4. The molecule has 0 saturated heterocycles. The fourth-order valence-electron chi connectivity index (χ4n) is 2.01. The zero-order valence-electron chi connectivity index (χ0n) is 12.6. The average molecular weight is 293 g/mol. The number of rotatable bonds is 9. The highest BCUT2D eigenvalue weighted by molar-refractivity contribution is 5.76. The lowest BCUT2D eigenvalue weighted by Crippen LogP contribution is -2.25. The van der Waals surface area contributed by atoms with E-state index in [0.717, 1.165) is 11.3 Å². The predicted octanol–water partition coefficient (Wildman–Crippen LogP) is 2.24. The summed E-state index contributed by atoms with van der Waals surface area (Å²) in [5.74, 6) is -0.391. The molecule has 0 heterocycles. The number of hydrogen-bond donors (Lipinski definition) is 2. The van der Waals surface area contributed by atoms with E-state index < -0.39 is 5.97 Å². The molecule has 1 aromatic rings. The third kappa shape index (κ3) is 6.29. The van der Waals surface area contributed by atoms with Gasteiger partial charge in [0.1, 0.15) is 5.75 Å². The SMILES string of the molecule is COc1ccccc1CCC(=O)NCCCC(C)C(=O)O. The average Bonchev–Trinajstić information content (AvgIpc) is 2.49. The summed E-state index contributed by atoms with van der Waals surface area (Å²) in [6, 6.07) is 7.64. The van der Waals surface area contributed by atoms with Crippen molar-refractivity contribution in [2.24, 2.45) is 5.92 Å². The number of carboxylic acids is 1. The molecule has 116 valence electrons. The summed E-state index contributed by atoms with van der Waals surface area (Å²) in [7, 11) is 1.61. The first kappa shape index (κ1) is 17.0. The standard InChI is InChI=1S/C16H23NO4/c1-12(16(19)20)6-5-11-17-15(18)10-9-13-7-3-4-8-14(13)21-2/h3-4,7-8,12H,5-6,9-11H2,1-2H3,(H,17,18)(H,19,20). The fourth-order valence-corrected chi connectivity index (χ4v) is 2.01. The van der Waals surface area contributed by atoms with Crippen molar-refractivity contribution in [1.29, 1.82) is 0 Å². The normalized spacial score (nSPS) is 11.7. The Morgan fingerprint density at radius 2 is 2.05 bits per heavy atom. The van der Waals surface area contributed by atoms with Crippen LogP contribution in [0, 0.1) is 5.92 Å². The summed E-state index contributed by atoms with van der Waals surface area (Å²) < 4.78 is 5.24. The van der Waals surface area contributed by atoms with Gasteiger partial charge in [-0.1, -0.05) is 25.1 Å². The molecule has 1 amide bonds. The zero-order valence-corrected chi connectivity index (χ0v) is 12.6. The van der Waals surface area contributed by atoms with Crippen LogP contribution in [0.4, 0.5) is 0 Å². The number of para-hydroxylation sites is 1. The van der Waals surface area contributed by atoms with Gasteiger partial charge in [0.25, 0.3) is 0 Å². The Morgan fingerprint density at radius 1 is 1.33 bits per heavy atom. The first-order chi connectivity index (χ1) is 10.0. The summed E-state index contributed by atoms with van der Waals surface area (Å²) in [6.07, 6.45) is 2.27. The van der Waals surface area contributed by atoms with Crippen LogP contribution in [0.1, 0.15) is 31.7 Å². The van der Waals surface area contributed by atoms with E-state index in [2.05, 4.69) is 5.32 Å². The Hall–Kier alpha value is -2.04. The van der Waals surface area contributed by atoms with Gasteiger partial charge in [-0.15, -0.1) is 0 Å². The molecule has 0 aliphatic heterocycles. The van der Waals surface area contributed by atoms with Gasteiger partial charge in [0, 0.05) is 13.0 Å². The lowest BCUT2D eigenvalue weighted by molar-refractivity contribution is -0.141. The molecule has 0 spiro atoms. The molecule has 5 nitrogen and oxygen atoms in total. The number of carbonyl (C=O) groups excluding carboxylic acids is 1. The van der Waals surface area contributed by atoms with Gasteiger partial charge in [0.15, 0.2) is 0 Å². The van der Waals surface area contributed by atoms with Gasteiger partial charge in [0.2, 0.25) is 5.91 Å². The number of aryl methyl sites for hydroxylation is 1. The molecule has 2 N–H and O–H groups in total. The van der Waals surface area contributed by atoms with Crippen molar-refractivity contribution in [1.82, 2.24) is 5.32 Å². The summed E-state index contributed by atoms with van der Waals surface area (Å²) in [6.45, 7) is 2.19. The summed E-state index contributed by atoms with van der Waals surface area (Å²) in [5, 5.41) is 11.6. The molecule has 0 aromatic heterocycles. The Morgan fingerprint density at radius 3 is 2.71 bits per heavy atom. The maximum atomic E-state index is 11.7. The van der Waals surface area contributed by atoms with Gasteiger partial charge in [0.05, 0.1) is 13.0 Å². The number of amides is 1. The van der Waals surface area contributed by atoms with Crippen molar-refractivity contribution in [3.05, 3.63) is 29.8 Å². The Labute approximate surface area is 125 Å². The van der Waals surface area contributed by atoms with Crippen LogP contribution in [0.3, 0.4) is 0 Å². The highest BCUT2D eigenvalue weighted by Gasteiger charge is 2.10. The highest BCUT2D eigenvalue weighted by Crippen LogP contribution is 2.18. The lowest BCUT2D eigenvalue weighted by Gasteiger charge is -2.09. The van der Waals surface area contributed by atoms with Crippen LogP contribution in [-0.2, 0) is 16.0 Å². The van der Waals surface area contributed by atoms with E-state index in [4.69, 9.17) is 9.84 Å². The third-order valence-corrected chi connectivity index (χ3v) is 3.37. The van der Waals surface area contributed by atoms with Gasteiger partial charge >= 0.3 is 5.97 Å². The first-order valence-corrected chi connectivity index (χ1v) is 7.16. The third-order valence-electron chi connectivity index (χ3n) is 3.37. The van der Waals surface area contributed by atoms with Crippen LogP contribution >= 0.6 is 0 Å². The molecule has 21 heavy (non-hydrogen) atoms. The number of methoxy groups -OCH3 is 1. The maximum absolute atomic E-state index is 11.7. The van der Waals surface area contributed by atoms with Gasteiger partial charge in [-0.25, -0.2) is 0 Å². The second kappa shape index (κ2) is 9.00. The molecule has 0 aliphatic rings. The van der Waals surface area contributed by atoms with E-state index in [1.54, 1.807) is 14.0 Å². The van der Waals surface area contributed by atoms with Crippen LogP contribution in [0.2, 0.25) is 0 Å². The fraction of sp³-hybridized carbons (Fsp3) is 0.500. The van der Waals surface area contributed by atoms with Gasteiger partial charge in [-0.3, -0.25) is 9.59 Å². The van der Waals surface area contributed by atoms with Crippen molar-refractivity contribution in [2.75, 3.05) is 13.7 Å². The molecule has 1 aromatic carbocycles. The lowest BCUT2D eigenvalue weighted by atomic mass is 10.1. The van der Waals surface area contributed by atoms with Crippen molar-refractivity contribution >= 4 is 11.9 Å². The second-order valence-electron chi connectivity index (χ2n) is 5.04. The van der Waals surface area contributed by atoms with Gasteiger partial charge in [-0.2, -0.15) is 0 Å². The molecule has 0 fully saturated rings. The highest BCUT2D eigenvalue weighted by atomic mass is 16.5. The number of carboxylic acid groups (broad SMARTS) is 1. The number of aliphatic carboxylic acids is 1. The molecule has 1 atom stereocenters. The smallest absolute Gasteiger partial charge is 0.306 e. The molecule has 1 unspecified atom stereocenters. The molecule has 1 rings (SSSR count). The number of benzene rings is 1. The minimum atomic E-state index is -0.794. The zero-order chi connectivity index (χ0) is 15.7. The Bertz CT molecular complexity index is 473. The van der Waals surface area contributed by atoms with E-state index >= 15 is 0 Å². The van der Waals surface area contributed by atoms with Gasteiger partial charge < -0.3 is 15.2 Å². The van der Waals surface area contributed by atoms with E-state index in [0.29, 0.717) is 32.2 Å². The van der Waals surface area contributed by atoms with Crippen LogP contribution in [0.15, 0.2) is 24.3 Å². The predicted molar refractivity (Wildman–Crippen MR) is 80.4 cm³/mol. The van der Waals surface area contributed by atoms with Gasteiger partial charge in [-0.05, 0) is 30.9 Å². The van der Waals surface area contributed by atoms with Crippen LogP contribution in [-0.4, -0.2) is 30.6 Å². The number of nitrogens with one attached hydrogen (secondary N) is 1. The van der Waals surface area contributed by atoms with E-state index in [1.807, 2.05) is 24.3 Å².